The Hall–Kier alpha value is -0.200. The van der Waals surface area contributed by atoms with Crippen LogP contribution in [0.2, 0.25) is 0 Å². The van der Waals surface area contributed by atoms with Crippen molar-refractivity contribution in [1.82, 2.24) is 10.2 Å². The normalized spacial score (nSPS) is 17.5. The molecule has 1 heterocycles. The van der Waals surface area contributed by atoms with Crippen LogP contribution in [-0.4, -0.2) is 76.3 Å². The molecule has 0 atom stereocenters. The van der Waals surface area contributed by atoms with Crippen molar-refractivity contribution in [3.05, 3.63) is 0 Å². The standard InChI is InChI=1S/C18H38N2O3/c1-16(2)19-7-10-21-11-12-22-13-14-23-15-18-5-8-20(9-6-18)17(3)4/h16-19H,5-15H2,1-4H3. The molecule has 0 aliphatic carbocycles. The molecule has 1 rings (SSSR count). The Morgan fingerprint density at radius 1 is 0.870 bits per heavy atom. The van der Waals surface area contributed by atoms with Gasteiger partial charge in [-0.3, -0.25) is 0 Å². The van der Waals surface area contributed by atoms with E-state index in [0.717, 1.165) is 25.7 Å². The summed E-state index contributed by atoms with van der Waals surface area (Å²) in [5, 5.41) is 3.32. The van der Waals surface area contributed by atoms with Crippen molar-refractivity contribution in [2.24, 2.45) is 5.92 Å². The molecule has 1 fully saturated rings. The Bertz CT molecular complexity index is 267. The molecule has 0 saturated carbocycles. The molecule has 1 N–H and O–H groups in total. The van der Waals surface area contributed by atoms with E-state index in [0.29, 0.717) is 38.5 Å². The SMILES string of the molecule is CC(C)NCCOCCOCCOCC1CCN(C(C)C)CC1. The largest absolute Gasteiger partial charge is 0.379 e. The van der Waals surface area contributed by atoms with Gasteiger partial charge in [-0.1, -0.05) is 13.8 Å². The smallest absolute Gasteiger partial charge is 0.0701 e. The molecule has 1 aliphatic heterocycles. The average molecular weight is 331 g/mol. The molecule has 5 nitrogen and oxygen atoms in total. The van der Waals surface area contributed by atoms with E-state index < -0.39 is 0 Å². The molecule has 0 aromatic carbocycles. The van der Waals surface area contributed by atoms with Gasteiger partial charge in [0.25, 0.3) is 0 Å². The van der Waals surface area contributed by atoms with Gasteiger partial charge in [-0.05, 0) is 45.7 Å². The van der Waals surface area contributed by atoms with Gasteiger partial charge >= 0.3 is 0 Å². The highest BCUT2D eigenvalue weighted by Crippen LogP contribution is 2.18. The van der Waals surface area contributed by atoms with Crippen molar-refractivity contribution in [3.63, 3.8) is 0 Å². The van der Waals surface area contributed by atoms with Gasteiger partial charge in [0.2, 0.25) is 0 Å². The van der Waals surface area contributed by atoms with Gasteiger partial charge in [-0.25, -0.2) is 0 Å². The fourth-order valence-electron chi connectivity index (χ4n) is 2.75. The Labute approximate surface area is 143 Å². The first-order valence-corrected chi connectivity index (χ1v) is 9.30. The fourth-order valence-corrected chi connectivity index (χ4v) is 2.75. The Morgan fingerprint density at radius 2 is 1.43 bits per heavy atom. The third-order valence-corrected chi connectivity index (χ3v) is 4.28. The minimum Gasteiger partial charge on any atom is -0.379 e. The number of ether oxygens (including phenoxy) is 3. The van der Waals surface area contributed by atoms with E-state index in [1.165, 1.54) is 25.9 Å². The topological polar surface area (TPSA) is 43.0 Å². The summed E-state index contributed by atoms with van der Waals surface area (Å²) >= 11 is 0. The van der Waals surface area contributed by atoms with Crippen LogP contribution in [0.4, 0.5) is 0 Å². The molecular weight excluding hydrogens is 292 g/mol. The lowest BCUT2D eigenvalue weighted by Gasteiger charge is -2.34. The maximum Gasteiger partial charge on any atom is 0.0701 e. The Morgan fingerprint density at radius 3 is 2.00 bits per heavy atom. The number of hydrogen-bond donors (Lipinski definition) is 1. The molecule has 1 aliphatic rings. The molecule has 0 bridgehead atoms. The number of rotatable bonds is 13. The van der Waals surface area contributed by atoms with Crippen molar-refractivity contribution in [2.45, 2.75) is 52.6 Å². The van der Waals surface area contributed by atoms with Crippen LogP contribution in [0, 0.1) is 5.92 Å². The lowest BCUT2D eigenvalue weighted by atomic mass is 9.97. The van der Waals surface area contributed by atoms with Gasteiger partial charge < -0.3 is 24.4 Å². The first-order chi connectivity index (χ1) is 11.1. The molecule has 23 heavy (non-hydrogen) atoms. The minimum absolute atomic E-state index is 0.518. The summed E-state index contributed by atoms with van der Waals surface area (Å²) in [4.78, 5) is 2.55. The molecule has 1 saturated heterocycles. The predicted molar refractivity (Wildman–Crippen MR) is 95.0 cm³/mol. The van der Waals surface area contributed by atoms with E-state index in [2.05, 4.69) is 37.9 Å². The number of hydrogen-bond acceptors (Lipinski definition) is 5. The summed E-state index contributed by atoms with van der Waals surface area (Å²) in [5.74, 6) is 0.724. The summed E-state index contributed by atoms with van der Waals surface area (Å²) in [5.41, 5.74) is 0. The second-order valence-corrected chi connectivity index (χ2v) is 6.98. The van der Waals surface area contributed by atoms with E-state index in [1.807, 2.05) is 0 Å². The van der Waals surface area contributed by atoms with Gasteiger partial charge in [-0.2, -0.15) is 0 Å². The van der Waals surface area contributed by atoms with Crippen LogP contribution < -0.4 is 5.32 Å². The van der Waals surface area contributed by atoms with Crippen LogP contribution in [0.5, 0.6) is 0 Å². The second kappa shape index (κ2) is 13.1. The summed E-state index contributed by atoms with van der Waals surface area (Å²) in [6.45, 7) is 16.4. The quantitative estimate of drug-likeness (QED) is 0.524. The first-order valence-electron chi connectivity index (χ1n) is 9.30. The maximum atomic E-state index is 5.75. The van der Waals surface area contributed by atoms with E-state index in [-0.39, 0.29) is 0 Å². The van der Waals surface area contributed by atoms with Crippen LogP contribution in [0.1, 0.15) is 40.5 Å². The number of nitrogens with one attached hydrogen (secondary N) is 1. The predicted octanol–water partition coefficient (Wildman–Crippen LogP) is 2.15. The highest BCUT2D eigenvalue weighted by atomic mass is 16.5. The van der Waals surface area contributed by atoms with E-state index in [4.69, 9.17) is 14.2 Å². The highest BCUT2D eigenvalue weighted by Gasteiger charge is 2.20. The fraction of sp³-hybridized carbons (Fsp3) is 1.00. The van der Waals surface area contributed by atoms with Crippen LogP contribution in [0.3, 0.4) is 0 Å². The van der Waals surface area contributed by atoms with Crippen LogP contribution in [0.15, 0.2) is 0 Å². The van der Waals surface area contributed by atoms with Crippen molar-refractivity contribution in [1.29, 1.82) is 0 Å². The molecular formula is C18H38N2O3. The zero-order chi connectivity index (χ0) is 16.9. The molecule has 0 aromatic rings. The average Bonchev–Trinajstić information content (AvgIpc) is 2.52. The van der Waals surface area contributed by atoms with Crippen molar-refractivity contribution >= 4 is 0 Å². The summed E-state index contributed by atoms with van der Waals surface area (Å²) < 4.78 is 16.7. The zero-order valence-electron chi connectivity index (χ0n) is 15.7. The number of nitrogens with zero attached hydrogens (tertiary/aromatic N) is 1. The lowest BCUT2D eigenvalue weighted by molar-refractivity contribution is 0.000436. The van der Waals surface area contributed by atoms with Crippen molar-refractivity contribution in [3.8, 4) is 0 Å². The van der Waals surface area contributed by atoms with Crippen LogP contribution in [-0.2, 0) is 14.2 Å². The van der Waals surface area contributed by atoms with Gasteiger partial charge in [0.15, 0.2) is 0 Å². The highest BCUT2D eigenvalue weighted by molar-refractivity contribution is 4.74. The summed E-state index contributed by atoms with van der Waals surface area (Å²) in [6, 6.07) is 1.19. The minimum atomic E-state index is 0.518. The van der Waals surface area contributed by atoms with E-state index in [1.54, 1.807) is 0 Å². The summed E-state index contributed by atoms with van der Waals surface area (Å²) in [6.07, 6.45) is 2.52. The Kier molecular flexibility index (Phi) is 11.9. The first kappa shape index (κ1) is 20.8. The van der Waals surface area contributed by atoms with Crippen molar-refractivity contribution < 1.29 is 14.2 Å². The molecule has 5 heteroatoms. The molecule has 138 valence electrons. The molecule has 0 spiro atoms. The van der Waals surface area contributed by atoms with Crippen LogP contribution in [0.25, 0.3) is 0 Å². The molecule has 0 aromatic heterocycles. The van der Waals surface area contributed by atoms with Gasteiger partial charge in [0.1, 0.15) is 0 Å². The van der Waals surface area contributed by atoms with E-state index >= 15 is 0 Å². The molecule has 0 amide bonds. The van der Waals surface area contributed by atoms with Gasteiger partial charge in [-0.15, -0.1) is 0 Å². The zero-order valence-corrected chi connectivity index (χ0v) is 15.7. The van der Waals surface area contributed by atoms with Gasteiger partial charge in [0, 0.05) is 25.2 Å². The molecule has 0 radical (unpaired) electrons. The third kappa shape index (κ3) is 11.1. The third-order valence-electron chi connectivity index (χ3n) is 4.28. The molecule has 0 unspecified atom stereocenters. The van der Waals surface area contributed by atoms with E-state index in [9.17, 15) is 0 Å². The van der Waals surface area contributed by atoms with Crippen molar-refractivity contribution in [2.75, 3.05) is 59.3 Å². The second-order valence-electron chi connectivity index (χ2n) is 6.98. The number of likely N-dealkylation sites (tertiary alicyclic amines) is 1. The van der Waals surface area contributed by atoms with Crippen LogP contribution >= 0.6 is 0 Å². The maximum absolute atomic E-state index is 5.75. The summed E-state index contributed by atoms with van der Waals surface area (Å²) in [7, 11) is 0. The monoisotopic (exact) mass is 330 g/mol. The number of piperidine rings is 1. The van der Waals surface area contributed by atoms with Gasteiger partial charge in [0.05, 0.1) is 33.0 Å². The Balaban J connectivity index is 1.80. The lowest BCUT2D eigenvalue weighted by Crippen LogP contribution is -2.39.